The van der Waals surface area contributed by atoms with E-state index in [4.69, 9.17) is 4.74 Å². The maximum Gasteiger partial charge on any atom is 0.125 e. The summed E-state index contributed by atoms with van der Waals surface area (Å²) in [4.78, 5) is 0. The normalized spacial score (nSPS) is 12.2. The third kappa shape index (κ3) is 4.08. The van der Waals surface area contributed by atoms with E-state index in [9.17, 15) is 0 Å². The van der Waals surface area contributed by atoms with Crippen LogP contribution in [0, 0.1) is 0 Å². The standard InChI is InChI=1S/C16H17Br2NO/c1-11(19-2)15-7-6-14(18)9-16(15)20-10-12-4-3-5-13(17)8-12/h3-9,11,19H,10H2,1-2H3. The van der Waals surface area contributed by atoms with Gasteiger partial charge in [0, 0.05) is 20.6 Å². The van der Waals surface area contributed by atoms with Gasteiger partial charge in [0.15, 0.2) is 0 Å². The summed E-state index contributed by atoms with van der Waals surface area (Å²) in [7, 11) is 1.95. The fourth-order valence-electron chi connectivity index (χ4n) is 1.93. The minimum absolute atomic E-state index is 0.251. The van der Waals surface area contributed by atoms with Crippen LogP contribution < -0.4 is 10.1 Å². The highest BCUT2D eigenvalue weighted by molar-refractivity contribution is 9.10. The van der Waals surface area contributed by atoms with E-state index in [0.717, 1.165) is 25.8 Å². The molecule has 0 aliphatic rings. The Morgan fingerprint density at radius 3 is 2.55 bits per heavy atom. The maximum absolute atomic E-state index is 5.99. The minimum Gasteiger partial charge on any atom is -0.489 e. The van der Waals surface area contributed by atoms with E-state index in [0.29, 0.717) is 6.61 Å². The molecule has 1 atom stereocenters. The quantitative estimate of drug-likeness (QED) is 0.758. The first-order valence-corrected chi connectivity index (χ1v) is 8.02. The summed E-state index contributed by atoms with van der Waals surface area (Å²) < 4.78 is 8.08. The Kier molecular flexibility index (Phi) is 5.64. The fourth-order valence-corrected chi connectivity index (χ4v) is 2.72. The highest BCUT2D eigenvalue weighted by Gasteiger charge is 2.10. The van der Waals surface area contributed by atoms with Crippen LogP contribution in [0.4, 0.5) is 0 Å². The molecule has 106 valence electrons. The summed E-state index contributed by atoms with van der Waals surface area (Å²) in [6.45, 7) is 2.68. The smallest absolute Gasteiger partial charge is 0.125 e. The van der Waals surface area contributed by atoms with Gasteiger partial charge in [0.25, 0.3) is 0 Å². The lowest BCUT2D eigenvalue weighted by molar-refractivity contribution is 0.300. The molecule has 1 unspecified atom stereocenters. The topological polar surface area (TPSA) is 21.3 Å². The van der Waals surface area contributed by atoms with Crippen molar-refractivity contribution in [1.29, 1.82) is 0 Å². The van der Waals surface area contributed by atoms with E-state index in [-0.39, 0.29) is 6.04 Å². The van der Waals surface area contributed by atoms with Gasteiger partial charge in [0.2, 0.25) is 0 Å². The molecule has 0 aromatic heterocycles. The second-order valence-corrected chi connectivity index (χ2v) is 6.44. The molecule has 2 aromatic rings. The van der Waals surface area contributed by atoms with E-state index in [2.05, 4.69) is 62.3 Å². The number of nitrogens with one attached hydrogen (secondary N) is 1. The minimum atomic E-state index is 0.251. The van der Waals surface area contributed by atoms with Gasteiger partial charge in [-0.05, 0) is 43.8 Å². The van der Waals surface area contributed by atoms with Crippen LogP contribution in [0.25, 0.3) is 0 Å². The molecule has 0 aliphatic heterocycles. The zero-order valence-electron chi connectivity index (χ0n) is 11.5. The molecule has 2 nitrogen and oxygen atoms in total. The lowest BCUT2D eigenvalue weighted by Gasteiger charge is -2.17. The van der Waals surface area contributed by atoms with E-state index in [1.54, 1.807) is 0 Å². The molecule has 2 rings (SSSR count). The molecule has 4 heteroatoms. The van der Waals surface area contributed by atoms with Gasteiger partial charge in [-0.3, -0.25) is 0 Å². The molecule has 0 saturated heterocycles. The highest BCUT2D eigenvalue weighted by Crippen LogP contribution is 2.29. The molecule has 0 radical (unpaired) electrons. The van der Waals surface area contributed by atoms with E-state index >= 15 is 0 Å². The SMILES string of the molecule is CNC(C)c1ccc(Br)cc1OCc1cccc(Br)c1. The summed E-state index contributed by atoms with van der Waals surface area (Å²) in [5.41, 5.74) is 2.30. The average molecular weight is 399 g/mol. The Morgan fingerprint density at radius 1 is 1.10 bits per heavy atom. The third-order valence-electron chi connectivity index (χ3n) is 3.16. The lowest BCUT2D eigenvalue weighted by Crippen LogP contribution is -2.13. The zero-order chi connectivity index (χ0) is 14.5. The van der Waals surface area contributed by atoms with Gasteiger partial charge in [0.1, 0.15) is 12.4 Å². The summed E-state index contributed by atoms with van der Waals surface area (Å²) in [5, 5.41) is 3.25. The third-order valence-corrected chi connectivity index (χ3v) is 4.14. The van der Waals surface area contributed by atoms with Gasteiger partial charge in [-0.15, -0.1) is 0 Å². The van der Waals surface area contributed by atoms with Crippen LogP contribution in [0.3, 0.4) is 0 Å². The molecule has 0 saturated carbocycles. The number of ether oxygens (including phenoxy) is 1. The van der Waals surface area contributed by atoms with Gasteiger partial charge in [-0.2, -0.15) is 0 Å². The Morgan fingerprint density at radius 2 is 1.85 bits per heavy atom. The fraction of sp³-hybridized carbons (Fsp3) is 0.250. The number of hydrogen-bond donors (Lipinski definition) is 1. The first-order chi connectivity index (χ1) is 9.60. The summed E-state index contributed by atoms with van der Waals surface area (Å²) >= 11 is 6.97. The second kappa shape index (κ2) is 7.25. The number of halogens is 2. The molecule has 1 N–H and O–H groups in total. The van der Waals surface area contributed by atoms with Crippen LogP contribution in [0.2, 0.25) is 0 Å². The summed E-state index contributed by atoms with van der Waals surface area (Å²) in [6, 6.07) is 14.5. The van der Waals surface area contributed by atoms with Crippen molar-refractivity contribution in [2.24, 2.45) is 0 Å². The van der Waals surface area contributed by atoms with Crippen LogP contribution in [-0.4, -0.2) is 7.05 Å². The molecule has 0 aliphatic carbocycles. The number of rotatable bonds is 5. The van der Waals surface area contributed by atoms with Crippen molar-refractivity contribution in [3.63, 3.8) is 0 Å². The Bertz CT molecular complexity index is 586. The molecular weight excluding hydrogens is 382 g/mol. The van der Waals surface area contributed by atoms with Crippen molar-refractivity contribution in [2.45, 2.75) is 19.6 Å². The van der Waals surface area contributed by atoms with Crippen molar-refractivity contribution in [3.8, 4) is 5.75 Å². The second-order valence-electron chi connectivity index (χ2n) is 4.61. The summed E-state index contributed by atoms with van der Waals surface area (Å²) in [5.74, 6) is 0.904. The van der Waals surface area contributed by atoms with Crippen LogP contribution in [-0.2, 0) is 6.61 Å². The van der Waals surface area contributed by atoms with Crippen molar-refractivity contribution < 1.29 is 4.74 Å². The number of benzene rings is 2. The molecule has 2 aromatic carbocycles. The molecule has 0 amide bonds. The van der Waals surface area contributed by atoms with Crippen molar-refractivity contribution in [1.82, 2.24) is 5.32 Å². The van der Waals surface area contributed by atoms with E-state index in [1.165, 1.54) is 0 Å². The van der Waals surface area contributed by atoms with E-state index in [1.807, 2.05) is 31.3 Å². The van der Waals surface area contributed by atoms with Crippen LogP contribution in [0.1, 0.15) is 24.1 Å². The predicted molar refractivity (Wildman–Crippen MR) is 90.1 cm³/mol. The van der Waals surface area contributed by atoms with Gasteiger partial charge in [-0.25, -0.2) is 0 Å². The maximum atomic E-state index is 5.99. The zero-order valence-corrected chi connectivity index (χ0v) is 14.7. The molecule has 20 heavy (non-hydrogen) atoms. The molecule has 0 fully saturated rings. The average Bonchev–Trinajstić information content (AvgIpc) is 2.44. The van der Waals surface area contributed by atoms with Crippen molar-refractivity contribution in [2.75, 3.05) is 7.05 Å². The molecule has 0 spiro atoms. The number of hydrogen-bond acceptors (Lipinski definition) is 2. The van der Waals surface area contributed by atoms with Gasteiger partial charge < -0.3 is 10.1 Å². The summed E-state index contributed by atoms with van der Waals surface area (Å²) in [6.07, 6.45) is 0. The van der Waals surface area contributed by atoms with Gasteiger partial charge in [0.05, 0.1) is 0 Å². The van der Waals surface area contributed by atoms with Crippen LogP contribution in [0.5, 0.6) is 5.75 Å². The Labute approximate surface area is 136 Å². The van der Waals surface area contributed by atoms with Crippen molar-refractivity contribution >= 4 is 31.9 Å². The van der Waals surface area contributed by atoms with Crippen molar-refractivity contribution in [3.05, 3.63) is 62.5 Å². The first kappa shape index (κ1) is 15.5. The highest BCUT2D eigenvalue weighted by atomic mass is 79.9. The van der Waals surface area contributed by atoms with Crippen LogP contribution >= 0.6 is 31.9 Å². The first-order valence-electron chi connectivity index (χ1n) is 6.44. The monoisotopic (exact) mass is 397 g/mol. The largest absolute Gasteiger partial charge is 0.489 e. The van der Waals surface area contributed by atoms with Crippen LogP contribution in [0.15, 0.2) is 51.4 Å². The van der Waals surface area contributed by atoms with Gasteiger partial charge in [-0.1, -0.05) is 50.1 Å². The predicted octanol–water partition coefficient (Wildman–Crippen LogP) is 5.07. The Hall–Kier alpha value is -0.840. The van der Waals surface area contributed by atoms with E-state index < -0.39 is 0 Å². The molecule has 0 bridgehead atoms. The molecular formula is C16H17Br2NO. The Balaban J connectivity index is 2.18. The lowest BCUT2D eigenvalue weighted by atomic mass is 10.1. The van der Waals surface area contributed by atoms with Gasteiger partial charge >= 0.3 is 0 Å². The molecule has 0 heterocycles.